The molecule has 1 aromatic rings. The van der Waals surface area contributed by atoms with Crippen LogP contribution in [0.15, 0.2) is 18.2 Å². The maximum atomic E-state index is 10.9. The average Bonchev–Trinajstić information content (AvgIpc) is 2.35. The Labute approximate surface area is 109 Å². The molecule has 0 spiro atoms. The Balaban J connectivity index is 2.96. The van der Waals surface area contributed by atoms with Crippen molar-refractivity contribution in [2.75, 3.05) is 18.0 Å². The summed E-state index contributed by atoms with van der Waals surface area (Å²) in [5, 5.41) is 8.97. The zero-order valence-electron chi connectivity index (χ0n) is 11.7. The van der Waals surface area contributed by atoms with Gasteiger partial charge in [0, 0.05) is 18.8 Å². The summed E-state index contributed by atoms with van der Waals surface area (Å²) in [6.45, 7) is 10.5. The summed E-state index contributed by atoms with van der Waals surface area (Å²) in [5.74, 6) is -0.224. The van der Waals surface area contributed by atoms with Crippen molar-refractivity contribution in [2.24, 2.45) is 5.92 Å². The maximum Gasteiger partial charge on any atom is 0.335 e. The molecule has 0 saturated heterocycles. The van der Waals surface area contributed by atoms with Gasteiger partial charge in [0.1, 0.15) is 0 Å². The number of aryl methyl sites for hydroxylation is 1. The standard InChI is InChI=1S/C15H23NO2/c1-5-11(3)10-16(6-2)14-8-7-13(15(17)18)9-12(14)4/h7-9,11H,5-6,10H2,1-4H3,(H,17,18). The topological polar surface area (TPSA) is 40.5 Å². The van der Waals surface area contributed by atoms with Gasteiger partial charge in [-0.05, 0) is 43.5 Å². The highest BCUT2D eigenvalue weighted by molar-refractivity contribution is 5.88. The normalized spacial score (nSPS) is 12.2. The lowest BCUT2D eigenvalue weighted by Gasteiger charge is -2.27. The summed E-state index contributed by atoms with van der Waals surface area (Å²) < 4.78 is 0. The van der Waals surface area contributed by atoms with Crippen LogP contribution in [0.5, 0.6) is 0 Å². The minimum absolute atomic E-state index is 0.357. The second kappa shape index (κ2) is 6.43. The number of carbonyl (C=O) groups is 1. The van der Waals surface area contributed by atoms with E-state index in [0.29, 0.717) is 11.5 Å². The van der Waals surface area contributed by atoms with Gasteiger partial charge in [0.15, 0.2) is 0 Å². The van der Waals surface area contributed by atoms with Crippen molar-refractivity contribution in [3.63, 3.8) is 0 Å². The van der Waals surface area contributed by atoms with Gasteiger partial charge in [-0.1, -0.05) is 20.3 Å². The molecule has 1 N–H and O–H groups in total. The Morgan fingerprint density at radius 2 is 2.06 bits per heavy atom. The summed E-state index contributed by atoms with van der Waals surface area (Å²) in [5.41, 5.74) is 2.53. The van der Waals surface area contributed by atoms with E-state index in [1.165, 1.54) is 0 Å². The van der Waals surface area contributed by atoms with Crippen molar-refractivity contribution in [3.8, 4) is 0 Å². The lowest BCUT2D eigenvalue weighted by molar-refractivity contribution is 0.0697. The number of hydrogen-bond acceptors (Lipinski definition) is 2. The van der Waals surface area contributed by atoms with Gasteiger partial charge in [-0.15, -0.1) is 0 Å². The first-order valence-electron chi connectivity index (χ1n) is 6.58. The van der Waals surface area contributed by atoms with Gasteiger partial charge in [0.25, 0.3) is 0 Å². The van der Waals surface area contributed by atoms with Gasteiger partial charge >= 0.3 is 5.97 Å². The van der Waals surface area contributed by atoms with E-state index in [1.807, 2.05) is 13.0 Å². The van der Waals surface area contributed by atoms with Crippen LogP contribution in [0.2, 0.25) is 0 Å². The second-order valence-electron chi connectivity index (χ2n) is 4.86. The summed E-state index contributed by atoms with van der Waals surface area (Å²) in [6.07, 6.45) is 1.16. The number of carboxylic acid groups (broad SMARTS) is 1. The van der Waals surface area contributed by atoms with Crippen LogP contribution in [0, 0.1) is 12.8 Å². The summed E-state index contributed by atoms with van der Waals surface area (Å²) >= 11 is 0. The van der Waals surface area contributed by atoms with E-state index in [2.05, 4.69) is 25.7 Å². The highest BCUT2D eigenvalue weighted by atomic mass is 16.4. The number of rotatable bonds is 6. The molecular formula is C15H23NO2. The lowest BCUT2D eigenvalue weighted by Crippen LogP contribution is -2.28. The molecule has 0 aliphatic carbocycles. The van der Waals surface area contributed by atoms with E-state index in [4.69, 9.17) is 5.11 Å². The Bertz CT molecular complexity index is 415. The van der Waals surface area contributed by atoms with E-state index in [0.717, 1.165) is 30.8 Å². The number of aromatic carboxylic acids is 1. The van der Waals surface area contributed by atoms with Crippen LogP contribution in [0.4, 0.5) is 5.69 Å². The molecule has 0 aliphatic heterocycles. The highest BCUT2D eigenvalue weighted by Gasteiger charge is 2.12. The molecule has 1 rings (SSSR count). The van der Waals surface area contributed by atoms with Crippen LogP contribution in [0.25, 0.3) is 0 Å². The van der Waals surface area contributed by atoms with Crippen molar-refractivity contribution in [2.45, 2.75) is 34.1 Å². The van der Waals surface area contributed by atoms with Gasteiger partial charge in [-0.3, -0.25) is 0 Å². The third kappa shape index (κ3) is 3.49. The third-order valence-electron chi connectivity index (χ3n) is 3.40. The SMILES string of the molecule is CCC(C)CN(CC)c1ccc(C(=O)O)cc1C. The van der Waals surface area contributed by atoms with E-state index in [-0.39, 0.29) is 0 Å². The molecule has 100 valence electrons. The largest absolute Gasteiger partial charge is 0.478 e. The van der Waals surface area contributed by atoms with Crippen LogP contribution in [-0.2, 0) is 0 Å². The predicted molar refractivity (Wildman–Crippen MR) is 75.5 cm³/mol. The van der Waals surface area contributed by atoms with Gasteiger partial charge in [0.2, 0.25) is 0 Å². The number of anilines is 1. The molecular weight excluding hydrogens is 226 g/mol. The van der Waals surface area contributed by atoms with E-state index < -0.39 is 5.97 Å². The molecule has 0 radical (unpaired) electrons. The first-order valence-corrected chi connectivity index (χ1v) is 6.58. The summed E-state index contributed by atoms with van der Waals surface area (Å²) in [7, 11) is 0. The molecule has 1 atom stereocenters. The van der Waals surface area contributed by atoms with E-state index in [9.17, 15) is 4.79 Å². The molecule has 1 unspecified atom stereocenters. The van der Waals surface area contributed by atoms with Crippen LogP contribution in [0.3, 0.4) is 0 Å². The second-order valence-corrected chi connectivity index (χ2v) is 4.86. The zero-order valence-corrected chi connectivity index (χ0v) is 11.7. The molecule has 0 aliphatic rings. The van der Waals surface area contributed by atoms with Crippen molar-refractivity contribution < 1.29 is 9.90 Å². The molecule has 1 aromatic carbocycles. The molecule has 0 fully saturated rings. The molecule has 3 heteroatoms. The predicted octanol–water partition coefficient (Wildman–Crippen LogP) is 3.57. The minimum Gasteiger partial charge on any atom is -0.478 e. The number of hydrogen-bond donors (Lipinski definition) is 1. The molecule has 0 heterocycles. The Morgan fingerprint density at radius 1 is 1.39 bits per heavy atom. The Morgan fingerprint density at radius 3 is 2.50 bits per heavy atom. The third-order valence-corrected chi connectivity index (χ3v) is 3.40. The fourth-order valence-corrected chi connectivity index (χ4v) is 2.05. The smallest absolute Gasteiger partial charge is 0.335 e. The fraction of sp³-hybridized carbons (Fsp3) is 0.533. The maximum absolute atomic E-state index is 10.9. The molecule has 0 bridgehead atoms. The van der Waals surface area contributed by atoms with Gasteiger partial charge in [-0.2, -0.15) is 0 Å². The number of benzene rings is 1. The zero-order chi connectivity index (χ0) is 13.7. The van der Waals surface area contributed by atoms with Crippen LogP contribution >= 0.6 is 0 Å². The van der Waals surface area contributed by atoms with E-state index >= 15 is 0 Å². The molecule has 0 aromatic heterocycles. The van der Waals surface area contributed by atoms with Crippen LogP contribution in [0.1, 0.15) is 43.1 Å². The van der Waals surface area contributed by atoms with E-state index in [1.54, 1.807) is 12.1 Å². The number of nitrogens with zero attached hydrogens (tertiary/aromatic N) is 1. The fourth-order valence-electron chi connectivity index (χ4n) is 2.05. The Hall–Kier alpha value is -1.51. The average molecular weight is 249 g/mol. The van der Waals surface area contributed by atoms with Crippen LogP contribution < -0.4 is 4.90 Å². The molecule has 18 heavy (non-hydrogen) atoms. The van der Waals surface area contributed by atoms with Crippen molar-refractivity contribution in [1.82, 2.24) is 0 Å². The summed E-state index contributed by atoms with van der Waals surface area (Å²) in [6, 6.07) is 5.35. The number of carboxylic acids is 1. The lowest BCUT2D eigenvalue weighted by atomic mass is 10.1. The van der Waals surface area contributed by atoms with Crippen molar-refractivity contribution in [3.05, 3.63) is 29.3 Å². The highest BCUT2D eigenvalue weighted by Crippen LogP contribution is 2.22. The molecule has 0 saturated carbocycles. The Kier molecular flexibility index (Phi) is 5.20. The monoisotopic (exact) mass is 249 g/mol. The summed E-state index contributed by atoms with van der Waals surface area (Å²) in [4.78, 5) is 13.2. The van der Waals surface area contributed by atoms with Crippen LogP contribution in [-0.4, -0.2) is 24.2 Å². The molecule has 3 nitrogen and oxygen atoms in total. The quantitative estimate of drug-likeness (QED) is 0.838. The van der Waals surface area contributed by atoms with Gasteiger partial charge in [0.05, 0.1) is 5.56 Å². The minimum atomic E-state index is -0.866. The van der Waals surface area contributed by atoms with Gasteiger partial charge < -0.3 is 10.0 Å². The van der Waals surface area contributed by atoms with Crippen molar-refractivity contribution >= 4 is 11.7 Å². The molecule has 0 amide bonds. The first-order chi connectivity index (χ1) is 8.49. The first kappa shape index (κ1) is 14.6. The van der Waals surface area contributed by atoms with Crippen molar-refractivity contribution in [1.29, 1.82) is 0 Å². The van der Waals surface area contributed by atoms with Gasteiger partial charge in [-0.25, -0.2) is 4.79 Å².